The normalized spacial score (nSPS) is 24.0. The molecule has 0 amide bonds. The van der Waals surface area contributed by atoms with Gasteiger partial charge in [-0.05, 0) is 44.4 Å². The molecule has 3 atom stereocenters. The van der Waals surface area contributed by atoms with E-state index in [9.17, 15) is 10.2 Å². The minimum Gasteiger partial charge on any atom is -0.393 e. The van der Waals surface area contributed by atoms with Gasteiger partial charge in [-0.1, -0.05) is 91.0 Å². The molecule has 34 heavy (non-hydrogen) atoms. The lowest BCUT2D eigenvalue weighted by Crippen LogP contribution is -2.56. The standard InChI is InChI=1S/C29H34O5/c1-26(2)33-25(28(4,20-30)34-26)27(3,31)21-32-29(22-14-8-5-9-15-22,23-16-10-6-11-17-23)24-18-12-7-13-19-24/h5-19,25,30-31H,20-21H2,1-4H3/t25-,27-,28+/m1/s1. The highest BCUT2D eigenvalue weighted by molar-refractivity contribution is 5.47. The Bertz CT molecular complexity index is 969. The molecular formula is C29H34O5. The molecule has 3 aromatic rings. The van der Waals surface area contributed by atoms with Gasteiger partial charge in [0.25, 0.3) is 0 Å². The van der Waals surface area contributed by atoms with E-state index in [0.29, 0.717) is 0 Å². The van der Waals surface area contributed by atoms with Crippen LogP contribution in [0.5, 0.6) is 0 Å². The van der Waals surface area contributed by atoms with Gasteiger partial charge in [0.15, 0.2) is 5.79 Å². The van der Waals surface area contributed by atoms with Gasteiger partial charge in [0, 0.05) is 0 Å². The number of aliphatic hydroxyl groups excluding tert-OH is 1. The van der Waals surface area contributed by atoms with Gasteiger partial charge in [-0.15, -0.1) is 0 Å². The first-order valence-electron chi connectivity index (χ1n) is 11.6. The lowest BCUT2D eigenvalue weighted by Gasteiger charge is -2.41. The smallest absolute Gasteiger partial charge is 0.164 e. The van der Waals surface area contributed by atoms with E-state index in [1.807, 2.05) is 91.0 Å². The molecule has 0 bridgehead atoms. The Morgan fingerprint density at radius 3 is 1.59 bits per heavy atom. The van der Waals surface area contributed by atoms with Crippen molar-refractivity contribution in [1.29, 1.82) is 0 Å². The minimum atomic E-state index is -1.46. The van der Waals surface area contributed by atoms with Crippen LogP contribution in [0, 0.1) is 0 Å². The van der Waals surface area contributed by atoms with Gasteiger partial charge in [0.1, 0.15) is 22.9 Å². The fraction of sp³-hybridized carbons (Fsp3) is 0.379. The number of benzene rings is 3. The molecule has 2 N–H and O–H groups in total. The molecule has 0 radical (unpaired) electrons. The van der Waals surface area contributed by atoms with Gasteiger partial charge in [0.2, 0.25) is 0 Å². The fourth-order valence-corrected chi connectivity index (χ4v) is 5.05. The molecule has 1 fully saturated rings. The molecule has 180 valence electrons. The SMILES string of the molecule is CC1(C)O[C@H]([C@](C)(O)COC(c2ccccc2)(c2ccccc2)c2ccccc2)[C@](C)(CO)O1. The first kappa shape index (κ1) is 24.6. The number of hydrogen-bond acceptors (Lipinski definition) is 5. The second-order valence-electron chi connectivity index (χ2n) is 9.90. The Morgan fingerprint density at radius 1 is 0.794 bits per heavy atom. The summed E-state index contributed by atoms with van der Waals surface area (Å²) >= 11 is 0. The van der Waals surface area contributed by atoms with Crippen LogP contribution < -0.4 is 0 Å². The first-order chi connectivity index (χ1) is 16.1. The van der Waals surface area contributed by atoms with Crippen molar-refractivity contribution in [1.82, 2.24) is 0 Å². The molecule has 1 aliphatic rings. The zero-order chi connectivity index (χ0) is 24.5. The summed E-state index contributed by atoms with van der Waals surface area (Å²) in [6.45, 7) is 6.62. The maximum Gasteiger partial charge on any atom is 0.164 e. The largest absolute Gasteiger partial charge is 0.393 e. The zero-order valence-electron chi connectivity index (χ0n) is 20.3. The van der Waals surface area contributed by atoms with E-state index in [1.165, 1.54) is 0 Å². The van der Waals surface area contributed by atoms with E-state index in [-0.39, 0.29) is 13.2 Å². The topological polar surface area (TPSA) is 68.2 Å². The van der Waals surface area contributed by atoms with Gasteiger partial charge in [-0.3, -0.25) is 0 Å². The van der Waals surface area contributed by atoms with Gasteiger partial charge < -0.3 is 24.4 Å². The predicted molar refractivity (Wildman–Crippen MR) is 131 cm³/mol. The monoisotopic (exact) mass is 462 g/mol. The number of rotatable bonds is 8. The van der Waals surface area contributed by atoms with E-state index in [0.717, 1.165) is 16.7 Å². The molecule has 1 aliphatic heterocycles. The van der Waals surface area contributed by atoms with E-state index < -0.39 is 28.7 Å². The third kappa shape index (κ3) is 4.54. The van der Waals surface area contributed by atoms with Crippen LogP contribution in [0.2, 0.25) is 0 Å². The third-order valence-corrected chi connectivity index (χ3v) is 6.44. The first-order valence-corrected chi connectivity index (χ1v) is 11.6. The molecule has 1 saturated heterocycles. The summed E-state index contributed by atoms with van der Waals surface area (Å²) in [5.41, 5.74) is -0.690. The molecular weight excluding hydrogens is 428 g/mol. The van der Waals surface area contributed by atoms with Gasteiger partial charge in [-0.2, -0.15) is 0 Å². The number of hydrogen-bond donors (Lipinski definition) is 2. The van der Waals surface area contributed by atoms with Crippen LogP contribution >= 0.6 is 0 Å². The van der Waals surface area contributed by atoms with Crippen molar-refractivity contribution >= 4 is 0 Å². The molecule has 0 unspecified atom stereocenters. The maximum absolute atomic E-state index is 11.7. The van der Waals surface area contributed by atoms with Crippen molar-refractivity contribution in [3.05, 3.63) is 108 Å². The maximum atomic E-state index is 11.7. The molecule has 0 saturated carbocycles. The van der Waals surface area contributed by atoms with E-state index >= 15 is 0 Å². The second kappa shape index (κ2) is 9.25. The van der Waals surface area contributed by atoms with Crippen LogP contribution in [0.25, 0.3) is 0 Å². The Hall–Kier alpha value is -2.54. The quantitative estimate of drug-likeness (QED) is 0.477. The Balaban J connectivity index is 1.80. The summed E-state index contributed by atoms with van der Waals surface area (Å²) in [5, 5.41) is 21.8. The molecule has 3 aromatic carbocycles. The van der Waals surface area contributed by atoms with E-state index in [4.69, 9.17) is 14.2 Å². The zero-order valence-corrected chi connectivity index (χ0v) is 20.3. The molecule has 5 nitrogen and oxygen atoms in total. The van der Waals surface area contributed by atoms with Crippen LogP contribution in [-0.4, -0.2) is 46.5 Å². The Kier molecular flexibility index (Phi) is 6.69. The van der Waals surface area contributed by atoms with Crippen LogP contribution in [0.1, 0.15) is 44.4 Å². The van der Waals surface area contributed by atoms with Crippen molar-refractivity contribution in [2.24, 2.45) is 0 Å². The van der Waals surface area contributed by atoms with Crippen LogP contribution in [-0.2, 0) is 19.8 Å². The minimum absolute atomic E-state index is 0.0641. The average molecular weight is 463 g/mol. The third-order valence-electron chi connectivity index (χ3n) is 6.44. The fourth-order valence-electron chi connectivity index (χ4n) is 5.05. The lowest BCUT2D eigenvalue weighted by molar-refractivity contribution is -0.185. The van der Waals surface area contributed by atoms with Gasteiger partial charge >= 0.3 is 0 Å². The van der Waals surface area contributed by atoms with Gasteiger partial charge in [-0.25, -0.2) is 0 Å². The summed E-state index contributed by atoms with van der Waals surface area (Å²) in [6.07, 6.45) is -0.806. The predicted octanol–water partition coefficient (Wildman–Crippen LogP) is 4.65. The van der Waals surface area contributed by atoms with Crippen molar-refractivity contribution in [2.75, 3.05) is 13.2 Å². The molecule has 1 heterocycles. The van der Waals surface area contributed by atoms with E-state index in [1.54, 1.807) is 27.7 Å². The highest BCUT2D eigenvalue weighted by Gasteiger charge is 2.57. The summed E-state index contributed by atoms with van der Waals surface area (Å²) in [5.74, 6) is -0.943. The number of ether oxygens (including phenoxy) is 3. The Labute approximate surface area is 201 Å². The molecule has 4 rings (SSSR count). The van der Waals surface area contributed by atoms with Gasteiger partial charge in [0.05, 0.1) is 13.2 Å². The highest BCUT2D eigenvalue weighted by Crippen LogP contribution is 2.44. The van der Waals surface area contributed by atoms with Crippen molar-refractivity contribution in [2.45, 2.75) is 56.4 Å². The molecule has 0 aromatic heterocycles. The Morgan fingerprint density at radius 2 is 1.21 bits per heavy atom. The lowest BCUT2D eigenvalue weighted by atomic mass is 9.79. The summed E-state index contributed by atoms with van der Waals surface area (Å²) in [7, 11) is 0. The number of aliphatic hydroxyl groups is 2. The summed E-state index contributed by atoms with van der Waals surface area (Å²) in [4.78, 5) is 0. The van der Waals surface area contributed by atoms with E-state index in [2.05, 4.69) is 0 Å². The van der Waals surface area contributed by atoms with Crippen LogP contribution in [0.3, 0.4) is 0 Å². The highest BCUT2D eigenvalue weighted by atomic mass is 16.8. The summed E-state index contributed by atoms with van der Waals surface area (Å²) < 4.78 is 18.9. The van der Waals surface area contributed by atoms with Crippen LogP contribution in [0.4, 0.5) is 0 Å². The van der Waals surface area contributed by atoms with Crippen molar-refractivity contribution < 1.29 is 24.4 Å². The average Bonchev–Trinajstić information content (AvgIpc) is 3.11. The molecule has 0 spiro atoms. The van der Waals surface area contributed by atoms with Crippen LogP contribution in [0.15, 0.2) is 91.0 Å². The molecule has 5 heteroatoms. The van der Waals surface area contributed by atoms with Crippen molar-refractivity contribution in [3.63, 3.8) is 0 Å². The second-order valence-corrected chi connectivity index (χ2v) is 9.90. The molecule has 0 aliphatic carbocycles. The van der Waals surface area contributed by atoms with Crippen molar-refractivity contribution in [3.8, 4) is 0 Å². The summed E-state index contributed by atoms with van der Waals surface area (Å²) in [6, 6.07) is 30.0.